The molecule has 0 aliphatic carbocycles. The van der Waals surface area contributed by atoms with Crippen molar-refractivity contribution in [1.82, 2.24) is 6.64 Å². The van der Waals surface area contributed by atoms with Gasteiger partial charge in [0, 0.05) is 12.1 Å². The average Bonchev–Trinajstić information content (AvgIpc) is 3.58. The van der Waals surface area contributed by atoms with Crippen LogP contribution in [0, 0.1) is 20.2 Å². The van der Waals surface area contributed by atoms with Gasteiger partial charge >= 0.3 is 202 Å². The number of non-ortho nitro benzene ring substituents is 1. The monoisotopic (exact) mass is 724 g/mol. The number of ether oxygens (including phenoxy) is 3. The Morgan fingerprint density at radius 1 is 0.930 bits per heavy atom. The summed E-state index contributed by atoms with van der Waals surface area (Å²) in [5.74, 6) is -1.21. The number of rotatable bonds is 13. The van der Waals surface area contributed by atoms with Crippen LogP contribution in [0.25, 0.3) is 0 Å². The SMILES string of the molecule is O=C(CN[I-]N1C(=O)C=CC1=O)Nc1cc(COC(=O)Oc2ccc([N+](=O)[O-])cc2)ccc1OCc1ccc([N+](=O)[O-])s1. The van der Waals surface area contributed by atoms with Crippen LogP contribution < -0.4 is 40.1 Å². The van der Waals surface area contributed by atoms with Gasteiger partial charge in [-0.3, -0.25) is 20.2 Å². The van der Waals surface area contributed by atoms with E-state index in [-0.39, 0.29) is 47.6 Å². The van der Waals surface area contributed by atoms with Crippen molar-refractivity contribution in [2.75, 3.05) is 11.9 Å². The molecule has 0 saturated carbocycles. The maximum atomic E-state index is 12.7. The number of anilines is 1. The molecule has 2 heterocycles. The summed E-state index contributed by atoms with van der Waals surface area (Å²) in [6, 6.07) is 12.3. The van der Waals surface area contributed by atoms with E-state index < -0.39 is 55.5 Å². The van der Waals surface area contributed by atoms with E-state index in [1.807, 2.05) is 0 Å². The first kappa shape index (κ1) is 31.0. The molecule has 2 aromatic carbocycles. The van der Waals surface area contributed by atoms with Gasteiger partial charge in [0.2, 0.25) is 0 Å². The van der Waals surface area contributed by atoms with Crippen LogP contribution >= 0.6 is 11.3 Å². The van der Waals surface area contributed by atoms with E-state index in [0.717, 1.165) is 26.6 Å². The normalized spacial score (nSPS) is 12.3. The second kappa shape index (κ2) is 14.3. The molecule has 2 N–H and O–H groups in total. The summed E-state index contributed by atoms with van der Waals surface area (Å²) in [5, 5.41) is 24.3. The van der Waals surface area contributed by atoms with Gasteiger partial charge in [-0.2, -0.15) is 0 Å². The molecule has 1 aliphatic rings. The molecule has 0 radical (unpaired) electrons. The quantitative estimate of drug-likeness (QED) is 0.0462. The fraction of sp³-hybridized carbons (Fsp3) is 0.120. The average molecular weight is 724 g/mol. The van der Waals surface area contributed by atoms with E-state index in [2.05, 4.69) is 8.85 Å². The number of carbonyl (C=O) groups is 4. The van der Waals surface area contributed by atoms with Crippen molar-refractivity contribution in [2.24, 2.45) is 0 Å². The fourth-order valence-electron chi connectivity index (χ4n) is 3.30. The number of halogens is 1. The number of imide groups is 1. The summed E-state index contributed by atoms with van der Waals surface area (Å²) < 4.78 is 19.7. The molecule has 3 aromatic rings. The van der Waals surface area contributed by atoms with Crippen LogP contribution in [0.1, 0.15) is 10.4 Å². The molecule has 0 saturated heterocycles. The Morgan fingerprint density at radius 2 is 1.65 bits per heavy atom. The third-order valence-corrected chi connectivity index (χ3v) is 8.41. The van der Waals surface area contributed by atoms with Gasteiger partial charge in [0.25, 0.3) is 5.69 Å². The van der Waals surface area contributed by atoms with Crippen LogP contribution in [0.2, 0.25) is 0 Å². The molecule has 0 atom stereocenters. The van der Waals surface area contributed by atoms with Gasteiger partial charge in [-0.1, -0.05) is 0 Å². The molecular weight excluding hydrogens is 705 g/mol. The number of hydrogen-bond donors (Lipinski definition) is 2. The molecule has 224 valence electrons. The summed E-state index contributed by atoms with van der Waals surface area (Å²) in [7, 11) is 0. The molecule has 0 unspecified atom stereocenters. The summed E-state index contributed by atoms with van der Waals surface area (Å²) >= 11 is -0.360. The number of nitro groups is 2. The minimum absolute atomic E-state index is 0.0320. The first-order valence-corrected chi connectivity index (χ1v) is 14.8. The van der Waals surface area contributed by atoms with E-state index in [4.69, 9.17) is 14.2 Å². The van der Waals surface area contributed by atoms with Crippen molar-refractivity contribution in [3.8, 4) is 11.5 Å². The predicted octanol–water partition coefficient (Wildman–Crippen LogP) is 0.231. The van der Waals surface area contributed by atoms with Crippen molar-refractivity contribution >= 4 is 51.6 Å². The van der Waals surface area contributed by atoms with Gasteiger partial charge in [0.1, 0.15) is 0 Å². The van der Waals surface area contributed by atoms with Gasteiger partial charge in [-0.25, -0.2) is 0 Å². The summed E-state index contributed by atoms with van der Waals surface area (Å²) in [6.45, 7) is -0.542. The number of thiophene rings is 1. The molecular formula is C25H19IN5O11S-. The van der Waals surface area contributed by atoms with Crippen LogP contribution in [0.3, 0.4) is 0 Å². The fourth-order valence-corrected chi connectivity index (χ4v) is 5.68. The molecule has 18 heteroatoms. The Hall–Kier alpha value is -4.95. The molecule has 0 spiro atoms. The zero-order valence-electron chi connectivity index (χ0n) is 21.6. The molecule has 0 fully saturated rings. The minimum atomic E-state index is -1.29. The van der Waals surface area contributed by atoms with Gasteiger partial charge in [-0.05, 0) is 12.1 Å². The molecule has 16 nitrogen and oxygen atoms in total. The zero-order chi connectivity index (χ0) is 30.9. The standard InChI is InChI=1S/C25H19IN5O11S/c32-21(12-27-26-29-22(33)8-9-23(29)34)28-19-11-15(1-7-20(19)40-14-18-6-10-24(43-18)31(38)39)13-41-25(35)42-17-4-2-16(3-5-17)30(36)37/h1-11,27H,12-14H2,(H,28,32)/q-1. The molecule has 3 amide bonds. The summed E-state index contributed by atoms with van der Waals surface area (Å²) in [4.78, 5) is 69.4. The summed E-state index contributed by atoms with van der Waals surface area (Å²) in [5.41, 5.74) is 0.438. The number of benzene rings is 2. The van der Waals surface area contributed by atoms with Crippen molar-refractivity contribution in [2.45, 2.75) is 13.2 Å². The van der Waals surface area contributed by atoms with Crippen LogP contribution in [-0.2, 0) is 32.3 Å². The van der Waals surface area contributed by atoms with E-state index in [0.29, 0.717) is 10.4 Å². The van der Waals surface area contributed by atoms with Crippen molar-refractivity contribution in [3.63, 3.8) is 0 Å². The van der Waals surface area contributed by atoms with E-state index in [1.54, 1.807) is 12.1 Å². The third-order valence-electron chi connectivity index (χ3n) is 5.25. The number of nitrogens with zero attached hydrogens (tertiary/aromatic N) is 3. The van der Waals surface area contributed by atoms with Crippen LogP contribution in [-0.4, -0.2) is 43.4 Å². The zero-order valence-corrected chi connectivity index (χ0v) is 24.6. The van der Waals surface area contributed by atoms with Crippen molar-refractivity contribution < 1.29 is 65.0 Å². The number of nitro benzene ring substituents is 1. The van der Waals surface area contributed by atoms with Gasteiger partial charge in [0.15, 0.2) is 0 Å². The Bertz CT molecular complexity index is 1590. The topological polar surface area (TPSA) is 210 Å². The Balaban J connectivity index is 1.39. The maximum absolute atomic E-state index is 12.7. The number of amides is 3. The predicted molar refractivity (Wildman–Crippen MR) is 143 cm³/mol. The number of hydrogen-bond acceptors (Lipinski definition) is 13. The van der Waals surface area contributed by atoms with Crippen LogP contribution in [0.4, 0.5) is 21.2 Å². The number of nitrogens with one attached hydrogen (secondary N) is 2. The van der Waals surface area contributed by atoms with E-state index in [1.165, 1.54) is 42.5 Å². The summed E-state index contributed by atoms with van der Waals surface area (Å²) in [6.07, 6.45) is 1.21. The molecule has 1 aliphatic heterocycles. The first-order chi connectivity index (χ1) is 20.6. The Morgan fingerprint density at radius 3 is 2.30 bits per heavy atom. The van der Waals surface area contributed by atoms with Crippen molar-refractivity contribution in [1.29, 1.82) is 0 Å². The Labute approximate surface area is 256 Å². The molecule has 4 rings (SSSR count). The van der Waals surface area contributed by atoms with E-state index >= 15 is 0 Å². The van der Waals surface area contributed by atoms with Crippen LogP contribution in [0.5, 0.6) is 11.5 Å². The van der Waals surface area contributed by atoms with Crippen LogP contribution in [0.15, 0.2) is 66.7 Å². The first-order valence-electron chi connectivity index (χ1n) is 11.9. The van der Waals surface area contributed by atoms with Crippen molar-refractivity contribution in [3.05, 3.63) is 97.4 Å². The van der Waals surface area contributed by atoms with Gasteiger partial charge < -0.3 is 0 Å². The van der Waals surface area contributed by atoms with Gasteiger partial charge in [-0.15, -0.1) is 0 Å². The van der Waals surface area contributed by atoms with E-state index in [9.17, 15) is 39.4 Å². The number of carbonyl (C=O) groups excluding carboxylic acids is 4. The second-order valence-electron chi connectivity index (χ2n) is 8.24. The van der Waals surface area contributed by atoms with Gasteiger partial charge in [0.05, 0.1) is 4.92 Å². The molecule has 43 heavy (non-hydrogen) atoms. The Kier molecular flexibility index (Phi) is 10.3. The molecule has 0 bridgehead atoms. The molecule has 1 aromatic heterocycles. The third kappa shape index (κ3) is 8.77. The second-order valence-corrected chi connectivity index (χ2v) is 11.6.